The Balaban J connectivity index is 1.91. The smallest absolute Gasteiger partial charge is 0.263 e. The summed E-state index contributed by atoms with van der Waals surface area (Å²) in [7, 11) is 1.72. The molecule has 2 rings (SSSR count). The predicted octanol–water partition coefficient (Wildman–Crippen LogP) is 1.98. The lowest BCUT2D eigenvalue weighted by Gasteiger charge is -2.31. The number of piperidine rings is 1. The second-order valence-electron chi connectivity index (χ2n) is 5.13. The number of likely N-dealkylation sites (tertiary alicyclic amines) is 1. The van der Waals surface area contributed by atoms with Crippen molar-refractivity contribution < 1.29 is 14.6 Å². The molecule has 114 valence electrons. The maximum atomic E-state index is 12.4. The molecule has 0 atom stereocenters. The minimum Gasteiger partial charge on any atom is -0.395 e. The third kappa shape index (κ3) is 4.57. The number of aliphatic hydroxyl groups excluding tert-OH is 1. The lowest BCUT2D eigenvalue weighted by atomic mass is 9.98. The van der Waals surface area contributed by atoms with Gasteiger partial charge in [-0.25, -0.2) is 0 Å². The van der Waals surface area contributed by atoms with Crippen molar-refractivity contribution in [1.82, 2.24) is 4.90 Å². The maximum absolute atomic E-state index is 12.4. The van der Waals surface area contributed by atoms with Crippen LogP contribution in [0.4, 0.5) is 0 Å². The molecule has 1 fully saturated rings. The van der Waals surface area contributed by atoms with Crippen LogP contribution in [-0.4, -0.2) is 49.3 Å². The van der Waals surface area contributed by atoms with Crippen LogP contribution in [0.15, 0.2) is 12.1 Å². The molecule has 1 saturated heterocycles. The van der Waals surface area contributed by atoms with Gasteiger partial charge in [0, 0.05) is 33.2 Å². The standard InChI is InChI=1S/C16H21NO3S/c1-20-12-13-7-9-17(10-8-13)16(19)15-6-5-14(21-15)4-2-3-11-18/h5-6,13,18H,3,7-12H2,1H3. The average molecular weight is 307 g/mol. The van der Waals surface area contributed by atoms with E-state index >= 15 is 0 Å². The zero-order valence-corrected chi connectivity index (χ0v) is 13.1. The molecular weight excluding hydrogens is 286 g/mol. The summed E-state index contributed by atoms with van der Waals surface area (Å²) < 4.78 is 5.18. The quantitative estimate of drug-likeness (QED) is 0.865. The Morgan fingerprint density at radius 2 is 2.24 bits per heavy atom. The number of hydrogen-bond acceptors (Lipinski definition) is 4. The topological polar surface area (TPSA) is 49.8 Å². The predicted molar refractivity (Wildman–Crippen MR) is 83.4 cm³/mol. The molecule has 1 aromatic heterocycles. The highest BCUT2D eigenvalue weighted by molar-refractivity contribution is 7.14. The fraction of sp³-hybridized carbons (Fsp3) is 0.562. The number of aliphatic hydroxyl groups is 1. The van der Waals surface area contributed by atoms with Gasteiger partial charge in [-0.3, -0.25) is 4.79 Å². The molecule has 0 unspecified atom stereocenters. The molecule has 21 heavy (non-hydrogen) atoms. The molecule has 1 aliphatic rings. The molecular formula is C16H21NO3S. The molecule has 4 nitrogen and oxygen atoms in total. The summed E-state index contributed by atoms with van der Waals surface area (Å²) >= 11 is 1.42. The first-order valence-corrected chi connectivity index (χ1v) is 8.04. The van der Waals surface area contributed by atoms with Gasteiger partial charge in [-0.1, -0.05) is 11.8 Å². The van der Waals surface area contributed by atoms with Crippen LogP contribution < -0.4 is 0 Å². The molecule has 0 bridgehead atoms. The first-order chi connectivity index (χ1) is 10.2. The minimum absolute atomic E-state index is 0.0700. The molecule has 0 saturated carbocycles. The van der Waals surface area contributed by atoms with Gasteiger partial charge in [-0.15, -0.1) is 11.3 Å². The van der Waals surface area contributed by atoms with Crippen molar-refractivity contribution in [1.29, 1.82) is 0 Å². The van der Waals surface area contributed by atoms with Gasteiger partial charge < -0.3 is 14.7 Å². The highest BCUT2D eigenvalue weighted by atomic mass is 32.1. The first-order valence-electron chi connectivity index (χ1n) is 7.22. The molecule has 0 aliphatic carbocycles. The van der Waals surface area contributed by atoms with Gasteiger partial charge in [0.05, 0.1) is 16.4 Å². The van der Waals surface area contributed by atoms with Crippen LogP contribution in [0.1, 0.15) is 33.8 Å². The number of hydrogen-bond donors (Lipinski definition) is 1. The van der Waals surface area contributed by atoms with Gasteiger partial charge in [0.1, 0.15) is 0 Å². The van der Waals surface area contributed by atoms with Crippen molar-refractivity contribution in [3.8, 4) is 11.8 Å². The lowest BCUT2D eigenvalue weighted by Crippen LogP contribution is -2.39. The highest BCUT2D eigenvalue weighted by Crippen LogP contribution is 2.22. The summed E-state index contributed by atoms with van der Waals surface area (Å²) in [5, 5.41) is 8.70. The largest absolute Gasteiger partial charge is 0.395 e. The van der Waals surface area contributed by atoms with Crippen LogP contribution in [0.2, 0.25) is 0 Å². The highest BCUT2D eigenvalue weighted by Gasteiger charge is 2.24. The van der Waals surface area contributed by atoms with Crippen molar-refractivity contribution in [3.63, 3.8) is 0 Å². The monoisotopic (exact) mass is 307 g/mol. The Morgan fingerprint density at radius 3 is 2.90 bits per heavy atom. The van der Waals surface area contributed by atoms with Crippen molar-refractivity contribution in [2.24, 2.45) is 5.92 Å². The van der Waals surface area contributed by atoms with Crippen LogP contribution in [-0.2, 0) is 4.74 Å². The molecule has 0 spiro atoms. The van der Waals surface area contributed by atoms with Crippen LogP contribution in [0.5, 0.6) is 0 Å². The SMILES string of the molecule is COCC1CCN(C(=O)c2ccc(C#CCCO)s2)CC1. The summed E-state index contributed by atoms with van der Waals surface area (Å²) in [6.07, 6.45) is 2.48. The first kappa shape index (κ1) is 16.0. The van der Waals surface area contributed by atoms with Crippen LogP contribution in [0, 0.1) is 17.8 Å². The number of thiophene rings is 1. The second kappa shape index (κ2) is 8.18. The molecule has 2 heterocycles. The van der Waals surface area contributed by atoms with Gasteiger partial charge in [-0.05, 0) is 30.9 Å². The van der Waals surface area contributed by atoms with Gasteiger partial charge in [-0.2, -0.15) is 0 Å². The molecule has 5 heteroatoms. The number of nitrogens with zero attached hydrogens (tertiary/aromatic N) is 1. The van der Waals surface area contributed by atoms with E-state index in [1.807, 2.05) is 17.0 Å². The number of amides is 1. The lowest BCUT2D eigenvalue weighted by molar-refractivity contribution is 0.0618. The zero-order valence-electron chi connectivity index (χ0n) is 12.3. The van der Waals surface area contributed by atoms with E-state index in [1.54, 1.807) is 7.11 Å². The van der Waals surface area contributed by atoms with E-state index in [0.717, 1.165) is 42.3 Å². The second-order valence-corrected chi connectivity index (χ2v) is 6.21. The Bertz CT molecular complexity index is 521. The molecule has 1 amide bonds. The summed E-state index contributed by atoms with van der Waals surface area (Å²) in [6, 6.07) is 3.72. The summed E-state index contributed by atoms with van der Waals surface area (Å²) in [6.45, 7) is 2.46. The molecule has 0 aromatic carbocycles. The van der Waals surface area contributed by atoms with Crippen LogP contribution >= 0.6 is 11.3 Å². The Labute approximate surface area is 129 Å². The van der Waals surface area contributed by atoms with Crippen molar-refractivity contribution >= 4 is 17.2 Å². The molecule has 1 N–H and O–H groups in total. The summed E-state index contributed by atoms with van der Waals surface area (Å²) in [5.41, 5.74) is 0. The van der Waals surface area contributed by atoms with E-state index in [9.17, 15) is 4.79 Å². The number of carbonyl (C=O) groups is 1. The van der Waals surface area contributed by atoms with E-state index in [1.165, 1.54) is 11.3 Å². The van der Waals surface area contributed by atoms with Crippen LogP contribution in [0.3, 0.4) is 0 Å². The van der Waals surface area contributed by atoms with E-state index < -0.39 is 0 Å². The Kier molecular flexibility index (Phi) is 6.24. The zero-order chi connectivity index (χ0) is 15.1. The van der Waals surface area contributed by atoms with E-state index in [-0.39, 0.29) is 12.5 Å². The van der Waals surface area contributed by atoms with E-state index in [4.69, 9.17) is 9.84 Å². The maximum Gasteiger partial charge on any atom is 0.263 e. The summed E-state index contributed by atoms with van der Waals surface area (Å²) in [4.78, 5) is 16.0. The van der Waals surface area contributed by atoms with Gasteiger partial charge in [0.25, 0.3) is 5.91 Å². The van der Waals surface area contributed by atoms with E-state index in [0.29, 0.717) is 12.3 Å². The van der Waals surface area contributed by atoms with Gasteiger partial charge in [0.15, 0.2) is 0 Å². The van der Waals surface area contributed by atoms with Gasteiger partial charge in [0.2, 0.25) is 0 Å². The third-order valence-electron chi connectivity index (χ3n) is 3.57. The normalized spacial score (nSPS) is 15.6. The number of methoxy groups -OCH3 is 1. The fourth-order valence-corrected chi connectivity index (χ4v) is 3.27. The minimum atomic E-state index is 0.0700. The van der Waals surface area contributed by atoms with Crippen molar-refractivity contribution in [2.45, 2.75) is 19.3 Å². The molecule has 1 aromatic rings. The number of carbonyl (C=O) groups excluding carboxylic acids is 1. The number of ether oxygens (including phenoxy) is 1. The molecule has 1 aliphatic heterocycles. The Hall–Kier alpha value is -1.35. The summed E-state index contributed by atoms with van der Waals surface area (Å²) in [5.74, 6) is 6.52. The molecule has 0 radical (unpaired) electrons. The van der Waals surface area contributed by atoms with Crippen LogP contribution in [0.25, 0.3) is 0 Å². The van der Waals surface area contributed by atoms with Crippen molar-refractivity contribution in [2.75, 3.05) is 33.4 Å². The van der Waals surface area contributed by atoms with Crippen molar-refractivity contribution in [3.05, 3.63) is 21.9 Å². The average Bonchev–Trinajstić information content (AvgIpc) is 2.97. The fourth-order valence-electron chi connectivity index (χ4n) is 2.42. The van der Waals surface area contributed by atoms with Gasteiger partial charge >= 0.3 is 0 Å². The Morgan fingerprint density at radius 1 is 1.48 bits per heavy atom. The third-order valence-corrected chi connectivity index (χ3v) is 4.56. The van der Waals surface area contributed by atoms with E-state index in [2.05, 4.69) is 11.8 Å². The number of rotatable bonds is 4.